The lowest BCUT2D eigenvalue weighted by molar-refractivity contribution is 0.0785. The second-order valence-corrected chi connectivity index (χ2v) is 5.45. The lowest BCUT2D eigenvalue weighted by Gasteiger charge is -2.17. The van der Waals surface area contributed by atoms with E-state index in [9.17, 15) is 4.79 Å². The molecule has 2 N–H and O–H groups in total. The lowest BCUT2D eigenvalue weighted by Crippen LogP contribution is -2.26. The molecule has 5 heteroatoms. The van der Waals surface area contributed by atoms with Crippen LogP contribution in [0.3, 0.4) is 0 Å². The molecule has 20 heavy (non-hydrogen) atoms. The molecule has 0 saturated carbocycles. The molecule has 1 aromatic heterocycles. The van der Waals surface area contributed by atoms with Crippen molar-refractivity contribution in [1.82, 2.24) is 9.88 Å². The highest BCUT2D eigenvalue weighted by molar-refractivity contribution is 9.10. The summed E-state index contributed by atoms with van der Waals surface area (Å²) in [5.41, 5.74) is 7.94. The summed E-state index contributed by atoms with van der Waals surface area (Å²) < 4.78 is 1.00. The summed E-state index contributed by atoms with van der Waals surface area (Å²) in [6.45, 7) is 0.884. The average Bonchev–Trinajstić information content (AvgIpc) is 2.46. The van der Waals surface area contributed by atoms with E-state index in [4.69, 9.17) is 5.73 Å². The van der Waals surface area contributed by atoms with Gasteiger partial charge in [-0.2, -0.15) is 0 Å². The van der Waals surface area contributed by atoms with Crippen molar-refractivity contribution in [1.29, 1.82) is 0 Å². The molecule has 0 bridgehead atoms. The number of benzene rings is 1. The van der Waals surface area contributed by atoms with Crippen LogP contribution in [0.25, 0.3) is 0 Å². The number of nitrogens with two attached hydrogens (primary N) is 1. The molecule has 1 aromatic carbocycles. The zero-order valence-corrected chi connectivity index (χ0v) is 12.8. The largest absolute Gasteiger partial charge is 0.337 e. The molecular weight excluding hydrogens is 318 g/mol. The molecule has 0 aliphatic carbocycles. The summed E-state index contributed by atoms with van der Waals surface area (Å²) in [5.74, 6) is -0.0397. The van der Waals surface area contributed by atoms with Gasteiger partial charge in [-0.1, -0.05) is 28.1 Å². The summed E-state index contributed by atoms with van der Waals surface area (Å²) in [6.07, 6.45) is 1.61. The van der Waals surface area contributed by atoms with Gasteiger partial charge < -0.3 is 10.6 Å². The minimum Gasteiger partial charge on any atom is -0.337 e. The number of amides is 1. The second kappa shape index (κ2) is 6.63. The summed E-state index contributed by atoms with van der Waals surface area (Å²) >= 11 is 3.43. The first-order chi connectivity index (χ1) is 9.60. The molecule has 0 spiro atoms. The van der Waals surface area contributed by atoms with Crippen molar-refractivity contribution in [2.24, 2.45) is 5.73 Å². The van der Waals surface area contributed by atoms with Crippen molar-refractivity contribution < 1.29 is 4.79 Å². The van der Waals surface area contributed by atoms with Gasteiger partial charge in [-0.3, -0.25) is 9.78 Å². The quantitative estimate of drug-likeness (QED) is 0.935. The molecule has 0 radical (unpaired) electrons. The monoisotopic (exact) mass is 333 g/mol. The normalized spacial score (nSPS) is 10.3. The van der Waals surface area contributed by atoms with Crippen molar-refractivity contribution in [2.45, 2.75) is 13.1 Å². The smallest absolute Gasteiger partial charge is 0.254 e. The van der Waals surface area contributed by atoms with Crippen LogP contribution in [0.2, 0.25) is 0 Å². The van der Waals surface area contributed by atoms with Crippen molar-refractivity contribution in [3.63, 3.8) is 0 Å². The molecule has 0 atom stereocenters. The third-order valence-electron chi connectivity index (χ3n) is 2.93. The minimum absolute atomic E-state index is 0.0397. The number of carbonyl (C=O) groups excluding carboxylic acids is 1. The summed E-state index contributed by atoms with van der Waals surface area (Å²) in [4.78, 5) is 18.1. The summed E-state index contributed by atoms with van der Waals surface area (Å²) in [7, 11) is 1.78. The fourth-order valence-electron chi connectivity index (χ4n) is 1.92. The first-order valence-corrected chi connectivity index (χ1v) is 7.04. The number of hydrogen-bond acceptors (Lipinski definition) is 3. The van der Waals surface area contributed by atoms with Crippen LogP contribution in [-0.2, 0) is 13.1 Å². The van der Waals surface area contributed by atoms with E-state index in [2.05, 4.69) is 20.9 Å². The van der Waals surface area contributed by atoms with Crippen molar-refractivity contribution in [2.75, 3.05) is 7.05 Å². The van der Waals surface area contributed by atoms with Gasteiger partial charge in [0.15, 0.2) is 0 Å². The van der Waals surface area contributed by atoms with E-state index in [1.807, 2.05) is 24.3 Å². The number of aromatic nitrogens is 1. The van der Waals surface area contributed by atoms with E-state index in [1.165, 1.54) is 0 Å². The first kappa shape index (κ1) is 14.7. The Bertz CT molecular complexity index is 616. The molecule has 0 unspecified atom stereocenters. The van der Waals surface area contributed by atoms with Crippen LogP contribution >= 0.6 is 15.9 Å². The maximum Gasteiger partial charge on any atom is 0.254 e. The molecule has 0 fully saturated rings. The van der Waals surface area contributed by atoms with E-state index in [1.54, 1.807) is 30.3 Å². The van der Waals surface area contributed by atoms with Crippen LogP contribution < -0.4 is 5.73 Å². The predicted octanol–water partition coefficient (Wildman–Crippen LogP) is 2.58. The van der Waals surface area contributed by atoms with Gasteiger partial charge >= 0.3 is 0 Å². The molecular formula is C15H16BrN3O. The van der Waals surface area contributed by atoms with E-state index in [0.717, 1.165) is 10.0 Å². The predicted molar refractivity (Wildman–Crippen MR) is 82.1 cm³/mol. The van der Waals surface area contributed by atoms with E-state index in [-0.39, 0.29) is 5.91 Å². The van der Waals surface area contributed by atoms with Crippen molar-refractivity contribution in [3.05, 3.63) is 63.9 Å². The number of hydrogen-bond donors (Lipinski definition) is 1. The molecule has 104 valence electrons. The van der Waals surface area contributed by atoms with Crippen LogP contribution in [0.5, 0.6) is 0 Å². The Morgan fingerprint density at radius 2 is 2.15 bits per heavy atom. The van der Waals surface area contributed by atoms with Gasteiger partial charge in [-0.25, -0.2) is 0 Å². The van der Waals surface area contributed by atoms with Crippen LogP contribution in [0.4, 0.5) is 0 Å². The standard InChI is InChI=1S/C15H16BrN3O/c1-19(10-11-3-2-4-13(16)7-11)15(20)12-5-6-18-14(8-12)9-17/h2-8H,9-10,17H2,1H3. The lowest BCUT2D eigenvalue weighted by atomic mass is 10.1. The fourth-order valence-corrected chi connectivity index (χ4v) is 2.37. The highest BCUT2D eigenvalue weighted by Crippen LogP contribution is 2.14. The average molecular weight is 334 g/mol. The molecule has 1 amide bonds. The fraction of sp³-hybridized carbons (Fsp3) is 0.200. The van der Waals surface area contributed by atoms with E-state index < -0.39 is 0 Å². The van der Waals surface area contributed by atoms with Gasteiger partial charge in [0.1, 0.15) is 0 Å². The Hall–Kier alpha value is -1.72. The Kier molecular flexibility index (Phi) is 4.87. The van der Waals surface area contributed by atoms with Crippen LogP contribution in [-0.4, -0.2) is 22.8 Å². The number of rotatable bonds is 4. The zero-order valence-electron chi connectivity index (χ0n) is 11.2. The third kappa shape index (κ3) is 3.65. The maximum absolute atomic E-state index is 12.3. The van der Waals surface area contributed by atoms with Crippen LogP contribution in [0.15, 0.2) is 47.1 Å². The Morgan fingerprint density at radius 3 is 2.85 bits per heavy atom. The zero-order chi connectivity index (χ0) is 14.5. The molecule has 0 aliphatic heterocycles. The number of carbonyl (C=O) groups is 1. The third-order valence-corrected chi connectivity index (χ3v) is 3.42. The molecule has 2 rings (SSSR count). The molecule has 0 aliphatic rings. The summed E-state index contributed by atoms with van der Waals surface area (Å²) in [6, 6.07) is 11.4. The van der Waals surface area contributed by atoms with Gasteiger partial charge in [0.05, 0.1) is 5.69 Å². The first-order valence-electron chi connectivity index (χ1n) is 6.25. The molecule has 4 nitrogen and oxygen atoms in total. The number of pyridine rings is 1. The Morgan fingerprint density at radius 1 is 1.35 bits per heavy atom. The number of halogens is 1. The van der Waals surface area contributed by atoms with Gasteiger partial charge in [0, 0.05) is 36.4 Å². The maximum atomic E-state index is 12.3. The Labute approximate surface area is 126 Å². The highest BCUT2D eigenvalue weighted by atomic mass is 79.9. The van der Waals surface area contributed by atoms with Gasteiger partial charge in [0.25, 0.3) is 5.91 Å². The van der Waals surface area contributed by atoms with Crippen LogP contribution in [0, 0.1) is 0 Å². The van der Waals surface area contributed by atoms with E-state index in [0.29, 0.717) is 24.3 Å². The highest BCUT2D eigenvalue weighted by Gasteiger charge is 2.12. The second-order valence-electron chi connectivity index (χ2n) is 4.53. The van der Waals surface area contributed by atoms with Gasteiger partial charge in [-0.15, -0.1) is 0 Å². The van der Waals surface area contributed by atoms with Gasteiger partial charge in [0.2, 0.25) is 0 Å². The van der Waals surface area contributed by atoms with Crippen molar-refractivity contribution in [3.8, 4) is 0 Å². The molecule has 1 heterocycles. The Balaban J connectivity index is 2.12. The summed E-state index contributed by atoms with van der Waals surface area (Å²) in [5, 5.41) is 0. The topological polar surface area (TPSA) is 59.2 Å². The molecule has 0 saturated heterocycles. The van der Waals surface area contributed by atoms with E-state index >= 15 is 0 Å². The van der Waals surface area contributed by atoms with Crippen LogP contribution in [0.1, 0.15) is 21.6 Å². The SMILES string of the molecule is CN(Cc1cccc(Br)c1)C(=O)c1ccnc(CN)c1. The molecule has 2 aromatic rings. The van der Waals surface area contributed by atoms with Crippen molar-refractivity contribution >= 4 is 21.8 Å². The number of nitrogens with zero attached hydrogens (tertiary/aromatic N) is 2. The minimum atomic E-state index is -0.0397. The van der Waals surface area contributed by atoms with Gasteiger partial charge in [-0.05, 0) is 29.8 Å².